The van der Waals surface area contributed by atoms with Gasteiger partial charge in [0, 0.05) is 10.7 Å². The van der Waals surface area contributed by atoms with Gasteiger partial charge in [0.15, 0.2) is 5.75 Å². The molecule has 4 aromatic rings. The van der Waals surface area contributed by atoms with Crippen LogP contribution in [0.3, 0.4) is 0 Å². The van der Waals surface area contributed by atoms with Crippen molar-refractivity contribution in [2.75, 3.05) is 0 Å². The van der Waals surface area contributed by atoms with Crippen molar-refractivity contribution in [3.05, 3.63) is 89.6 Å². The molecule has 0 atom stereocenters. The quantitative estimate of drug-likeness (QED) is 0.0954. The summed E-state index contributed by atoms with van der Waals surface area (Å²) in [6, 6.07) is 16.7. The lowest BCUT2D eigenvalue weighted by Gasteiger charge is -2.14. The van der Waals surface area contributed by atoms with Crippen molar-refractivity contribution in [3.63, 3.8) is 0 Å². The molecule has 1 N–H and O–H groups in total. The van der Waals surface area contributed by atoms with E-state index >= 15 is 0 Å². The summed E-state index contributed by atoms with van der Waals surface area (Å²) in [5, 5.41) is 1.21. The minimum atomic E-state index is -4.47. The van der Waals surface area contributed by atoms with Gasteiger partial charge in [0.2, 0.25) is 0 Å². The van der Waals surface area contributed by atoms with E-state index < -0.39 is 22.1 Å². The van der Waals surface area contributed by atoms with Crippen molar-refractivity contribution in [3.8, 4) is 11.5 Å². The zero-order valence-corrected chi connectivity index (χ0v) is 29.6. The average molecular weight is 1080 g/mol. The molecule has 0 heterocycles. The van der Waals surface area contributed by atoms with Crippen molar-refractivity contribution in [1.82, 2.24) is 0 Å². The van der Waals surface area contributed by atoms with Crippen molar-refractivity contribution in [2.24, 2.45) is 0 Å². The Balaban J connectivity index is 1.78. The molecule has 4 aromatic carbocycles. The maximum Gasteiger partial charge on any atom is 0.345 e. The fraction of sp³-hybridized carbons (Fsp3) is 0. The van der Waals surface area contributed by atoms with Gasteiger partial charge >= 0.3 is 11.9 Å². The number of benzene rings is 4. The first-order chi connectivity index (χ1) is 17.4. The van der Waals surface area contributed by atoms with Gasteiger partial charge in [-0.15, -0.1) is 0 Å². The third-order valence-electron chi connectivity index (χ3n) is 4.95. The maximum atomic E-state index is 13.5. The molecule has 0 amide bonds. The molecular weight excluding hydrogens is 1070 g/mol. The van der Waals surface area contributed by atoms with Crippen LogP contribution < -0.4 is 9.47 Å². The Morgan fingerprint density at radius 2 is 1.32 bits per heavy atom. The molecular formula is C24H11I5O7S. The third kappa shape index (κ3) is 6.69. The van der Waals surface area contributed by atoms with E-state index in [9.17, 15) is 22.6 Å². The van der Waals surface area contributed by atoms with Gasteiger partial charge in [-0.3, -0.25) is 4.55 Å². The van der Waals surface area contributed by atoms with E-state index in [1.54, 1.807) is 69.4 Å². The zero-order chi connectivity index (χ0) is 27.1. The largest absolute Gasteiger partial charge is 0.423 e. The standard InChI is InChI=1S/C24H11I5O7S/c25-12-7-16(26)21(17(27)8-12)36-23(30)15-6-5-11-3-1-2-4-14(11)20(15)24(31)35-13-9-18(28)22(19(29)10-13)37(32,33)34/h1-10H,(H,32,33,34). The second kappa shape index (κ2) is 12.0. The van der Waals surface area contributed by atoms with Crippen LogP contribution in [-0.2, 0) is 10.1 Å². The molecule has 0 aromatic heterocycles. The number of rotatable bonds is 5. The minimum absolute atomic E-state index is 0.0162. The van der Waals surface area contributed by atoms with Gasteiger partial charge in [0.05, 0.1) is 18.3 Å². The number of carbonyl (C=O) groups excluding carboxylic acids is 2. The summed E-state index contributed by atoms with van der Waals surface area (Å²) in [6.45, 7) is 0. The highest BCUT2D eigenvalue weighted by Gasteiger charge is 2.26. The van der Waals surface area contributed by atoms with Crippen LogP contribution in [0.5, 0.6) is 11.5 Å². The van der Waals surface area contributed by atoms with Crippen LogP contribution in [0.25, 0.3) is 10.8 Å². The predicted octanol–water partition coefficient (Wildman–Crippen LogP) is 7.55. The first-order valence-corrected chi connectivity index (χ1v) is 16.8. The van der Waals surface area contributed by atoms with Crippen LogP contribution >= 0.6 is 113 Å². The Labute approximate surface area is 279 Å². The minimum Gasteiger partial charge on any atom is -0.423 e. The van der Waals surface area contributed by atoms with E-state index in [0.29, 0.717) is 11.1 Å². The molecule has 0 aliphatic heterocycles. The summed E-state index contributed by atoms with van der Waals surface area (Å²) in [6.07, 6.45) is 0. The van der Waals surface area contributed by atoms with Gasteiger partial charge in [0.1, 0.15) is 10.6 Å². The Bertz CT molecular complexity index is 1660. The Morgan fingerprint density at radius 1 is 0.730 bits per heavy atom. The molecule has 0 aliphatic rings. The molecule has 37 heavy (non-hydrogen) atoms. The molecule has 13 heteroatoms. The third-order valence-corrected chi connectivity index (χ3v) is 10.6. The van der Waals surface area contributed by atoms with Crippen molar-refractivity contribution < 1.29 is 32.0 Å². The zero-order valence-electron chi connectivity index (χ0n) is 18.0. The molecule has 4 rings (SSSR count). The van der Waals surface area contributed by atoms with E-state index in [1.165, 1.54) is 18.2 Å². The topological polar surface area (TPSA) is 107 Å². The van der Waals surface area contributed by atoms with Gasteiger partial charge in [-0.05, 0) is 154 Å². The SMILES string of the molecule is O=C(Oc1c(I)cc(I)cc1I)c1ccc2ccccc2c1C(=O)Oc1cc(I)c(S(=O)(=O)O)c(I)c1. The molecule has 0 aliphatic carbocycles. The van der Waals surface area contributed by atoms with E-state index in [4.69, 9.17) is 9.47 Å². The number of fused-ring (bicyclic) bond motifs is 1. The van der Waals surface area contributed by atoms with Gasteiger partial charge in [0.25, 0.3) is 10.1 Å². The smallest absolute Gasteiger partial charge is 0.345 e. The second-order valence-corrected chi connectivity index (χ2v) is 14.6. The number of hydrogen-bond acceptors (Lipinski definition) is 6. The van der Waals surface area contributed by atoms with Crippen molar-refractivity contribution >= 4 is 146 Å². The molecule has 0 fully saturated rings. The van der Waals surface area contributed by atoms with Crippen LogP contribution in [-0.4, -0.2) is 24.9 Å². The van der Waals surface area contributed by atoms with Crippen LogP contribution in [0, 0.1) is 17.9 Å². The molecule has 0 spiro atoms. The number of halogens is 5. The summed E-state index contributed by atoms with van der Waals surface area (Å²) in [4.78, 5) is 26.6. The first-order valence-electron chi connectivity index (χ1n) is 9.94. The van der Waals surface area contributed by atoms with Gasteiger partial charge in [-0.25, -0.2) is 9.59 Å². The highest BCUT2D eigenvalue weighted by molar-refractivity contribution is 14.1. The maximum absolute atomic E-state index is 13.5. The number of esters is 2. The van der Waals surface area contributed by atoms with Gasteiger partial charge in [-0.2, -0.15) is 8.42 Å². The molecule has 0 bridgehead atoms. The fourth-order valence-corrected chi connectivity index (χ4v) is 11.2. The highest BCUT2D eigenvalue weighted by Crippen LogP contribution is 2.33. The first kappa shape index (κ1) is 29.6. The Kier molecular flexibility index (Phi) is 9.62. The van der Waals surface area contributed by atoms with Crippen LogP contribution in [0.2, 0.25) is 0 Å². The van der Waals surface area contributed by atoms with E-state index in [0.717, 1.165) is 16.1 Å². The number of ether oxygens (including phenoxy) is 2. The second-order valence-electron chi connectivity index (χ2n) is 7.38. The van der Waals surface area contributed by atoms with E-state index in [2.05, 4.69) is 67.8 Å². The number of carbonyl (C=O) groups is 2. The Morgan fingerprint density at radius 3 is 1.92 bits per heavy atom. The van der Waals surface area contributed by atoms with E-state index in [1.807, 2.05) is 18.2 Å². The van der Waals surface area contributed by atoms with Crippen LogP contribution in [0.15, 0.2) is 65.6 Å². The molecule has 0 saturated carbocycles. The van der Waals surface area contributed by atoms with Crippen molar-refractivity contribution in [1.29, 1.82) is 0 Å². The number of hydrogen-bond donors (Lipinski definition) is 1. The fourth-order valence-electron chi connectivity index (χ4n) is 3.44. The lowest BCUT2D eigenvalue weighted by Crippen LogP contribution is -2.19. The van der Waals surface area contributed by atoms with Gasteiger partial charge < -0.3 is 9.47 Å². The lowest BCUT2D eigenvalue weighted by molar-refractivity contribution is 0.0692. The summed E-state index contributed by atoms with van der Waals surface area (Å²) >= 11 is 9.84. The summed E-state index contributed by atoms with van der Waals surface area (Å²) in [5.41, 5.74) is 0.0373. The average Bonchev–Trinajstić information content (AvgIpc) is 2.79. The summed E-state index contributed by atoms with van der Waals surface area (Å²) < 4.78 is 47.1. The molecule has 190 valence electrons. The monoisotopic (exact) mass is 1080 g/mol. The molecule has 0 unspecified atom stereocenters. The summed E-state index contributed by atoms with van der Waals surface area (Å²) in [7, 11) is -4.47. The van der Waals surface area contributed by atoms with Crippen LogP contribution in [0.1, 0.15) is 20.7 Å². The molecule has 0 saturated heterocycles. The van der Waals surface area contributed by atoms with Crippen LogP contribution in [0.4, 0.5) is 0 Å². The molecule has 7 nitrogen and oxygen atoms in total. The van der Waals surface area contributed by atoms with Gasteiger partial charge in [-0.1, -0.05) is 30.3 Å². The highest BCUT2D eigenvalue weighted by atomic mass is 127. The lowest BCUT2D eigenvalue weighted by atomic mass is 9.99. The summed E-state index contributed by atoms with van der Waals surface area (Å²) in [5.74, 6) is -1.09. The van der Waals surface area contributed by atoms with E-state index in [-0.39, 0.29) is 28.9 Å². The Hall–Kier alpha value is -0.360. The van der Waals surface area contributed by atoms with Crippen molar-refractivity contribution in [2.45, 2.75) is 4.90 Å². The normalized spacial score (nSPS) is 11.4. The predicted molar refractivity (Wildman–Crippen MR) is 180 cm³/mol. The molecule has 0 radical (unpaired) electrons.